The van der Waals surface area contributed by atoms with E-state index in [4.69, 9.17) is 4.74 Å². The molecule has 0 saturated carbocycles. The van der Waals surface area contributed by atoms with Gasteiger partial charge in [-0.3, -0.25) is 0 Å². The van der Waals surface area contributed by atoms with E-state index < -0.39 is 6.10 Å². The zero-order chi connectivity index (χ0) is 15.2. The van der Waals surface area contributed by atoms with Crippen molar-refractivity contribution in [3.63, 3.8) is 0 Å². The molecule has 6 heteroatoms. The molecule has 2 aromatic rings. The number of benzene rings is 1. The molecule has 1 aromatic carbocycles. The van der Waals surface area contributed by atoms with Crippen molar-refractivity contribution >= 4 is 27.3 Å². The largest absolute Gasteiger partial charge is 0.490 e. The van der Waals surface area contributed by atoms with E-state index in [2.05, 4.69) is 26.2 Å². The topological polar surface area (TPSA) is 54.4 Å². The lowest BCUT2D eigenvalue weighted by Crippen LogP contribution is -2.31. The summed E-state index contributed by atoms with van der Waals surface area (Å²) in [6.07, 6.45) is 1.31. The third-order valence-corrected chi connectivity index (χ3v) is 4.40. The third kappa shape index (κ3) is 5.39. The van der Waals surface area contributed by atoms with Gasteiger partial charge in [0.1, 0.15) is 18.5 Å². The van der Waals surface area contributed by atoms with E-state index >= 15 is 0 Å². The Labute approximate surface area is 137 Å². The van der Waals surface area contributed by atoms with Crippen molar-refractivity contribution in [3.8, 4) is 5.75 Å². The summed E-state index contributed by atoms with van der Waals surface area (Å²) in [4.78, 5) is 5.36. The molecule has 1 atom stereocenters. The fraction of sp³-hybridized carbons (Fsp3) is 0.400. The first kappa shape index (κ1) is 16.4. The van der Waals surface area contributed by atoms with Gasteiger partial charge >= 0.3 is 0 Å². The molecular weight excluding hydrogens is 352 g/mol. The molecule has 2 rings (SSSR count). The SMILES string of the molecule is Cc1ccc(OCC(O)CNCc2cnc(C)s2)c(Br)c1. The Morgan fingerprint density at radius 3 is 2.90 bits per heavy atom. The van der Waals surface area contributed by atoms with Crippen molar-refractivity contribution in [2.75, 3.05) is 13.2 Å². The van der Waals surface area contributed by atoms with E-state index in [9.17, 15) is 5.11 Å². The van der Waals surface area contributed by atoms with Gasteiger partial charge in [0, 0.05) is 24.2 Å². The Morgan fingerprint density at radius 2 is 2.24 bits per heavy atom. The summed E-state index contributed by atoms with van der Waals surface area (Å²) in [6.45, 7) is 5.47. The second-order valence-corrected chi connectivity index (χ2v) is 7.05. The van der Waals surface area contributed by atoms with Crippen LogP contribution in [0, 0.1) is 13.8 Å². The van der Waals surface area contributed by atoms with Crippen LogP contribution >= 0.6 is 27.3 Å². The van der Waals surface area contributed by atoms with E-state index in [-0.39, 0.29) is 6.61 Å². The zero-order valence-electron chi connectivity index (χ0n) is 12.1. The molecule has 0 aliphatic rings. The number of hydrogen-bond acceptors (Lipinski definition) is 5. The average molecular weight is 371 g/mol. The maximum Gasteiger partial charge on any atom is 0.133 e. The van der Waals surface area contributed by atoms with E-state index in [1.807, 2.05) is 38.2 Å². The van der Waals surface area contributed by atoms with Crippen LogP contribution in [-0.2, 0) is 6.54 Å². The highest BCUT2D eigenvalue weighted by Crippen LogP contribution is 2.25. The molecule has 2 N–H and O–H groups in total. The smallest absolute Gasteiger partial charge is 0.133 e. The van der Waals surface area contributed by atoms with Crippen molar-refractivity contribution < 1.29 is 9.84 Å². The molecule has 0 saturated heterocycles. The number of nitrogens with zero attached hydrogens (tertiary/aromatic N) is 1. The molecule has 0 bridgehead atoms. The second kappa shape index (κ2) is 7.89. The Balaban J connectivity index is 1.70. The van der Waals surface area contributed by atoms with Gasteiger partial charge in [0.15, 0.2) is 0 Å². The molecular formula is C15H19BrN2O2S. The molecule has 4 nitrogen and oxygen atoms in total. The first-order chi connectivity index (χ1) is 10.0. The quantitative estimate of drug-likeness (QED) is 0.786. The molecule has 0 aliphatic heterocycles. The van der Waals surface area contributed by atoms with Crippen molar-refractivity contribution in [1.29, 1.82) is 0 Å². The number of nitrogens with one attached hydrogen (secondary N) is 1. The zero-order valence-corrected chi connectivity index (χ0v) is 14.5. The molecule has 0 amide bonds. The lowest BCUT2D eigenvalue weighted by molar-refractivity contribution is 0.106. The van der Waals surface area contributed by atoms with Gasteiger partial charge in [-0.25, -0.2) is 4.98 Å². The van der Waals surface area contributed by atoms with Crippen LogP contribution in [0.1, 0.15) is 15.4 Å². The minimum atomic E-state index is -0.549. The first-order valence-electron chi connectivity index (χ1n) is 6.73. The van der Waals surface area contributed by atoms with Crippen LogP contribution in [-0.4, -0.2) is 29.3 Å². The highest BCUT2D eigenvalue weighted by Gasteiger charge is 2.07. The van der Waals surface area contributed by atoms with Crippen LogP contribution in [0.2, 0.25) is 0 Å². The van der Waals surface area contributed by atoms with Crippen molar-refractivity contribution in [3.05, 3.63) is 44.3 Å². The number of ether oxygens (including phenoxy) is 1. The number of aromatic nitrogens is 1. The molecule has 0 aliphatic carbocycles. The van der Waals surface area contributed by atoms with Crippen LogP contribution in [0.15, 0.2) is 28.9 Å². The summed E-state index contributed by atoms with van der Waals surface area (Å²) in [6, 6.07) is 5.88. The van der Waals surface area contributed by atoms with E-state index in [1.54, 1.807) is 11.3 Å². The average Bonchev–Trinajstić information content (AvgIpc) is 2.83. The van der Waals surface area contributed by atoms with Crippen molar-refractivity contribution in [1.82, 2.24) is 10.3 Å². The number of aliphatic hydroxyl groups is 1. The van der Waals surface area contributed by atoms with Gasteiger partial charge in [0.25, 0.3) is 0 Å². The lowest BCUT2D eigenvalue weighted by atomic mass is 10.2. The van der Waals surface area contributed by atoms with Gasteiger partial charge in [-0.2, -0.15) is 0 Å². The highest BCUT2D eigenvalue weighted by atomic mass is 79.9. The van der Waals surface area contributed by atoms with Gasteiger partial charge in [0.2, 0.25) is 0 Å². The van der Waals surface area contributed by atoms with Gasteiger partial charge in [0.05, 0.1) is 9.48 Å². The van der Waals surface area contributed by atoms with Gasteiger partial charge in [-0.05, 0) is 47.5 Å². The molecule has 0 spiro atoms. The van der Waals surface area contributed by atoms with Crippen LogP contribution < -0.4 is 10.1 Å². The Hall–Kier alpha value is -0.950. The standard InChI is InChI=1S/C15H19BrN2O2S/c1-10-3-4-15(14(16)5-10)20-9-12(19)6-17-7-13-8-18-11(2)21-13/h3-5,8,12,17,19H,6-7,9H2,1-2H3. The third-order valence-electron chi connectivity index (χ3n) is 2.87. The molecule has 1 aromatic heterocycles. The predicted octanol–water partition coefficient (Wildman–Crippen LogP) is 3.05. The predicted molar refractivity (Wildman–Crippen MR) is 88.9 cm³/mol. The molecule has 0 fully saturated rings. The summed E-state index contributed by atoms with van der Waals surface area (Å²) in [5, 5.41) is 14.2. The minimum absolute atomic E-state index is 0.260. The summed E-state index contributed by atoms with van der Waals surface area (Å²) < 4.78 is 6.52. The van der Waals surface area contributed by atoms with E-state index in [1.165, 1.54) is 4.88 Å². The van der Waals surface area contributed by atoms with Crippen LogP contribution in [0.3, 0.4) is 0 Å². The number of aliphatic hydroxyl groups excluding tert-OH is 1. The summed E-state index contributed by atoms with van der Waals surface area (Å²) in [7, 11) is 0. The lowest BCUT2D eigenvalue weighted by Gasteiger charge is -2.14. The van der Waals surface area contributed by atoms with Crippen molar-refractivity contribution in [2.45, 2.75) is 26.5 Å². The summed E-state index contributed by atoms with van der Waals surface area (Å²) >= 11 is 5.12. The molecule has 114 valence electrons. The summed E-state index contributed by atoms with van der Waals surface area (Å²) in [5.41, 5.74) is 1.16. The Kier molecular flexibility index (Phi) is 6.17. The monoisotopic (exact) mass is 370 g/mol. The van der Waals surface area contributed by atoms with Gasteiger partial charge in [-0.1, -0.05) is 6.07 Å². The van der Waals surface area contributed by atoms with E-state index in [0.717, 1.165) is 27.3 Å². The number of hydrogen-bond donors (Lipinski definition) is 2. The fourth-order valence-corrected chi connectivity index (χ4v) is 3.19. The molecule has 1 unspecified atom stereocenters. The molecule has 0 radical (unpaired) electrons. The number of rotatable bonds is 7. The Morgan fingerprint density at radius 1 is 1.43 bits per heavy atom. The highest BCUT2D eigenvalue weighted by molar-refractivity contribution is 9.10. The number of aryl methyl sites for hydroxylation is 2. The maximum absolute atomic E-state index is 9.92. The van der Waals surface area contributed by atoms with Gasteiger partial charge in [-0.15, -0.1) is 11.3 Å². The number of halogens is 1. The Bertz CT molecular complexity index is 589. The van der Waals surface area contributed by atoms with Crippen LogP contribution in [0.5, 0.6) is 5.75 Å². The van der Waals surface area contributed by atoms with E-state index in [0.29, 0.717) is 6.54 Å². The fourth-order valence-electron chi connectivity index (χ4n) is 1.82. The van der Waals surface area contributed by atoms with Crippen molar-refractivity contribution in [2.24, 2.45) is 0 Å². The summed E-state index contributed by atoms with van der Waals surface area (Å²) in [5.74, 6) is 0.748. The first-order valence-corrected chi connectivity index (χ1v) is 8.34. The van der Waals surface area contributed by atoms with Gasteiger partial charge < -0.3 is 15.2 Å². The molecule has 21 heavy (non-hydrogen) atoms. The van der Waals surface area contributed by atoms with Crippen LogP contribution in [0.25, 0.3) is 0 Å². The van der Waals surface area contributed by atoms with Crippen LogP contribution in [0.4, 0.5) is 0 Å². The number of thiazole rings is 1. The second-order valence-electron chi connectivity index (χ2n) is 4.88. The maximum atomic E-state index is 9.92. The minimum Gasteiger partial charge on any atom is -0.490 e. The molecule has 1 heterocycles. The normalized spacial score (nSPS) is 12.4.